The van der Waals surface area contributed by atoms with Crippen LogP contribution in [0.3, 0.4) is 0 Å². The minimum absolute atomic E-state index is 0.190. The number of aromatic nitrogens is 2. The van der Waals surface area contributed by atoms with Gasteiger partial charge in [0.2, 0.25) is 21.8 Å². The van der Waals surface area contributed by atoms with Gasteiger partial charge in [0, 0.05) is 20.0 Å². The van der Waals surface area contributed by atoms with Gasteiger partial charge < -0.3 is 9.15 Å². The first-order valence-corrected chi connectivity index (χ1v) is 8.96. The quantitative estimate of drug-likeness (QED) is 0.790. The fourth-order valence-corrected chi connectivity index (χ4v) is 4.39. The van der Waals surface area contributed by atoms with E-state index >= 15 is 0 Å². The zero-order valence-electron chi connectivity index (χ0n) is 12.8. The molecule has 1 aromatic rings. The van der Waals surface area contributed by atoms with Crippen LogP contribution in [0.2, 0.25) is 0 Å². The zero-order valence-corrected chi connectivity index (χ0v) is 13.6. The lowest BCUT2D eigenvalue weighted by Crippen LogP contribution is -2.44. The van der Waals surface area contributed by atoms with Crippen LogP contribution in [0.1, 0.15) is 44.6 Å². The maximum atomic E-state index is 12.5. The van der Waals surface area contributed by atoms with Crippen molar-refractivity contribution in [3.05, 3.63) is 11.8 Å². The van der Waals surface area contributed by atoms with Crippen LogP contribution in [0, 0.1) is 12.8 Å². The van der Waals surface area contributed by atoms with Crippen LogP contribution >= 0.6 is 0 Å². The highest BCUT2D eigenvalue weighted by molar-refractivity contribution is 7.89. The Morgan fingerprint density at radius 1 is 1.33 bits per heavy atom. The molecule has 1 aliphatic heterocycles. The molecule has 0 aromatic carbocycles. The van der Waals surface area contributed by atoms with Crippen molar-refractivity contribution in [2.75, 3.05) is 25.4 Å². The van der Waals surface area contributed by atoms with Crippen molar-refractivity contribution < 1.29 is 17.6 Å². The van der Waals surface area contributed by atoms with Gasteiger partial charge >= 0.3 is 0 Å². The molecule has 7 nitrogen and oxygen atoms in total. The van der Waals surface area contributed by atoms with Gasteiger partial charge in [-0.15, -0.1) is 10.2 Å². The average molecular weight is 317 g/mol. The Hall–Kier alpha value is -0.990. The molecular formula is C13H23N3O4S. The Balaban J connectivity index is 2.06. The molecule has 0 bridgehead atoms. The molecule has 2 heterocycles. The van der Waals surface area contributed by atoms with Crippen LogP contribution in [0.15, 0.2) is 4.42 Å². The van der Waals surface area contributed by atoms with Crippen molar-refractivity contribution in [1.29, 1.82) is 0 Å². The maximum absolute atomic E-state index is 12.5. The van der Waals surface area contributed by atoms with Gasteiger partial charge in [-0.2, -0.15) is 4.31 Å². The van der Waals surface area contributed by atoms with E-state index in [0.29, 0.717) is 24.9 Å². The van der Waals surface area contributed by atoms with Crippen molar-refractivity contribution in [3.8, 4) is 0 Å². The Morgan fingerprint density at radius 3 is 2.62 bits per heavy atom. The monoisotopic (exact) mass is 317 g/mol. The van der Waals surface area contributed by atoms with Crippen molar-refractivity contribution >= 4 is 10.0 Å². The van der Waals surface area contributed by atoms with Crippen molar-refractivity contribution in [3.63, 3.8) is 0 Å². The van der Waals surface area contributed by atoms with E-state index in [1.165, 1.54) is 4.31 Å². The summed E-state index contributed by atoms with van der Waals surface area (Å²) in [5.74, 6) is 1.18. The number of aryl methyl sites for hydroxylation is 1. The minimum Gasteiger partial charge on any atom is -0.423 e. The standard InChI is InChI=1S/C13H23N3O4S/c1-4-11(5-2)9-21(17,18)16-6-7-19-12(8-16)13-15-14-10(3)20-13/h11-12H,4-9H2,1-3H3. The molecule has 1 saturated heterocycles. The van der Waals surface area contributed by atoms with E-state index in [9.17, 15) is 8.42 Å². The van der Waals surface area contributed by atoms with Crippen molar-refractivity contribution in [2.24, 2.45) is 5.92 Å². The van der Waals surface area contributed by atoms with Gasteiger partial charge in [0.05, 0.1) is 12.4 Å². The van der Waals surface area contributed by atoms with E-state index in [2.05, 4.69) is 10.2 Å². The van der Waals surface area contributed by atoms with Crippen LogP contribution in [0.4, 0.5) is 0 Å². The molecule has 0 spiro atoms. The summed E-state index contributed by atoms with van der Waals surface area (Å²) in [5.41, 5.74) is 0. The normalized spacial score (nSPS) is 21.0. The van der Waals surface area contributed by atoms with Crippen LogP contribution in [0.25, 0.3) is 0 Å². The molecule has 8 heteroatoms. The molecule has 1 aliphatic rings. The lowest BCUT2D eigenvalue weighted by Gasteiger charge is -2.31. The minimum atomic E-state index is -3.28. The smallest absolute Gasteiger partial charge is 0.246 e. The second kappa shape index (κ2) is 6.85. The molecule has 0 amide bonds. The van der Waals surface area contributed by atoms with E-state index in [1.807, 2.05) is 13.8 Å². The Morgan fingerprint density at radius 2 is 2.05 bits per heavy atom. The maximum Gasteiger partial charge on any atom is 0.246 e. The van der Waals surface area contributed by atoms with Crippen molar-refractivity contribution in [2.45, 2.75) is 39.7 Å². The zero-order chi connectivity index (χ0) is 15.5. The van der Waals surface area contributed by atoms with Crippen LogP contribution < -0.4 is 0 Å². The lowest BCUT2D eigenvalue weighted by molar-refractivity contribution is -0.0177. The molecule has 1 fully saturated rings. The van der Waals surface area contributed by atoms with Gasteiger partial charge in [0.25, 0.3) is 0 Å². The summed E-state index contributed by atoms with van der Waals surface area (Å²) < 4.78 is 37.4. The lowest BCUT2D eigenvalue weighted by atomic mass is 10.1. The van der Waals surface area contributed by atoms with Gasteiger partial charge in [-0.25, -0.2) is 8.42 Å². The Labute approximate surface area is 125 Å². The number of morpholine rings is 1. The third kappa shape index (κ3) is 4.02. The molecule has 1 atom stereocenters. The number of sulfonamides is 1. The van der Waals surface area contributed by atoms with Crippen molar-refractivity contribution in [1.82, 2.24) is 14.5 Å². The molecule has 0 saturated carbocycles. The summed E-state index contributed by atoms with van der Waals surface area (Å²) in [5, 5.41) is 7.68. The first-order chi connectivity index (χ1) is 9.96. The Kier molecular flexibility index (Phi) is 5.34. The van der Waals surface area contributed by atoms with Crippen LogP contribution in [-0.2, 0) is 14.8 Å². The summed E-state index contributed by atoms with van der Waals surface area (Å²) >= 11 is 0. The summed E-state index contributed by atoms with van der Waals surface area (Å²) in [7, 11) is -3.28. The number of hydrogen-bond acceptors (Lipinski definition) is 6. The SMILES string of the molecule is CCC(CC)CS(=O)(=O)N1CCOC(c2nnc(C)o2)C1. The summed E-state index contributed by atoms with van der Waals surface area (Å²) in [6.07, 6.45) is 1.26. The molecule has 120 valence electrons. The first kappa shape index (κ1) is 16.4. The highest BCUT2D eigenvalue weighted by atomic mass is 32.2. The molecule has 21 heavy (non-hydrogen) atoms. The third-order valence-electron chi connectivity index (χ3n) is 3.84. The number of hydrogen-bond donors (Lipinski definition) is 0. The molecular weight excluding hydrogens is 294 g/mol. The predicted octanol–water partition coefficient (Wildman–Crippen LogP) is 1.52. The molecule has 2 rings (SSSR count). The van der Waals surface area contributed by atoms with E-state index in [4.69, 9.17) is 9.15 Å². The number of rotatable bonds is 6. The molecule has 0 aliphatic carbocycles. The van der Waals surface area contributed by atoms with Gasteiger partial charge in [0.1, 0.15) is 6.10 Å². The summed E-state index contributed by atoms with van der Waals surface area (Å²) in [6, 6.07) is 0. The first-order valence-electron chi connectivity index (χ1n) is 7.35. The number of nitrogens with zero attached hydrogens (tertiary/aromatic N) is 3. The summed E-state index contributed by atoms with van der Waals surface area (Å²) in [4.78, 5) is 0. The fraction of sp³-hybridized carbons (Fsp3) is 0.846. The second-order valence-electron chi connectivity index (χ2n) is 5.34. The van der Waals surface area contributed by atoms with E-state index in [1.54, 1.807) is 6.92 Å². The third-order valence-corrected chi connectivity index (χ3v) is 5.85. The van der Waals surface area contributed by atoms with Crippen LogP contribution in [-0.4, -0.2) is 48.4 Å². The molecule has 0 N–H and O–H groups in total. The molecule has 0 radical (unpaired) electrons. The average Bonchev–Trinajstić information content (AvgIpc) is 2.91. The van der Waals surface area contributed by atoms with E-state index < -0.39 is 16.1 Å². The van der Waals surface area contributed by atoms with Gasteiger partial charge in [-0.1, -0.05) is 26.7 Å². The fourth-order valence-electron chi connectivity index (χ4n) is 2.40. The van der Waals surface area contributed by atoms with Gasteiger partial charge in [0.15, 0.2) is 0 Å². The van der Waals surface area contributed by atoms with E-state index in [-0.39, 0.29) is 18.2 Å². The predicted molar refractivity (Wildman–Crippen MR) is 77.2 cm³/mol. The molecule has 1 unspecified atom stereocenters. The van der Waals surface area contributed by atoms with Gasteiger partial charge in [-0.05, 0) is 5.92 Å². The Bertz CT molecular complexity index is 554. The molecule has 1 aromatic heterocycles. The second-order valence-corrected chi connectivity index (χ2v) is 7.35. The van der Waals surface area contributed by atoms with Gasteiger partial charge in [-0.3, -0.25) is 0 Å². The summed E-state index contributed by atoms with van der Waals surface area (Å²) in [6.45, 7) is 6.70. The largest absolute Gasteiger partial charge is 0.423 e. The van der Waals surface area contributed by atoms with Crippen LogP contribution in [0.5, 0.6) is 0 Å². The highest BCUT2D eigenvalue weighted by Crippen LogP contribution is 2.24. The number of ether oxygens (including phenoxy) is 1. The van der Waals surface area contributed by atoms with E-state index in [0.717, 1.165) is 12.8 Å². The topological polar surface area (TPSA) is 85.5 Å². The highest BCUT2D eigenvalue weighted by Gasteiger charge is 2.33.